The molecule has 1 aromatic heterocycles. The summed E-state index contributed by atoms with van der Waals surface area (Å²) >= 11 is 0. The van der Waals surface area contributed by atoms with Crippen molar-refractivity contribution in [2.75, 3.05) is 39.5 Å². The van der Waals surface area contributed by atoms with E-state index in [0.29, 0.717) is 25.4 Å². The molecular weight excluding hydrogens is 1060 g/mol. The minimum absolute atomic E-state index is 0.0489. The van der Waals surface area contributed by atoms with Crippen molar-refractivity contribution in [1.82, 2.24) is 19.9 Å². The number of phosphoric ester groups is 1. The van der Waals surface area contributed by atoms with Crippen LogP contribution in [0, 0.1) is 0 Å². The molecule has 1 aliphatic heterocycles. The van der Waals surface area contributed by atoms with Gasteiger partial charge in [0.15, 0.2) is 8.32 Å². The van der Waals surface area contributed by atoms with Gasteiger partial charge in [-0.05, 0) is 108 Å². The number of unbranched alkanes of at least 4 members (excludes halogenated alkanes) is 28. The largest absolute Gasteiger partial charge is 0.474 e. The lowest BCUT2D eigenvalue weighted by molar-refractivity contribution is -0.151. The maximum absolute atomic E-state index is 14.1. The molecule has 82 heavy (non-hydrogen) atoms. The van der Waals surface area contributed by atoms with Crippen LogP contribution in [0.4, 0.5) is 0 Å². The van der Waals surface area contributed by atoms with Gasteiger partial charge in [0.25, 0.3) is 0 Å². The Morgan fingerprint density at radius 1 is 0.537 bits per heavy atom. The zero-order valence-electron chi connectivity index (χ0n) is 55.1. The van der Waals surface area contributed by atoms with Gasteiger partial charge in [0, 0.05) is 51.2 Å². The van der Waals surface area contributed by atoms with E-state index >= 15 is 0 Å². The summed E-state index contributed by atoms with van der Waals surface area (Å²) in [6.07, 6.45) is 48.5. The maximum Gasteiger partial charge on any atom is 0.474 e. The van der Waals surface area contributed by atoms with Crippen LogP contribution in [-0.2, 0) is 54.6 Å². The first kappa shape index (κ1) is 76.4. The fraction of sp³-hybridized carbons (Fsp3) is 0.940. The van der Waals surface area contributed by atoms with Gasteiger partial charge in [0.05, 0.1) is 32.1 Å². The van der Waals surface area contributed by atoms with E-state index < -0.39 is 16.1 Å². The van der Waals surface area contributed by atoms with Crippen molar-refractivity contribution < 1.29 is 41.6 Å². The van der Waals surface area contributed by atoms with Crippen LogP contribution in [0.15, 0.2) is 6.20 Å². The van der Waals surface area contributed by atoms with Crippen molar-refractivity contribution in [2.24, 2.45) is 0 Å². The van der Waals surface area contributed by atoms with Crippen LogP contribution in [0.5, 0.6) is 0 Å². The molecule has 0 unspecified atom stereocenters. The Hall–Kier alpha value is -1.67. The number of ether oxygens (including phenoxy) is 2. The third kappa shape index (κ3) is 40.7. The Balaban J connectivity index is 1.84. The summed E-state index contributed by atoms with van der Waals surface area (Å²) in [5.41, 5.74) is 0.776. The molecule has 1 fully saturated rings. The smallest absolute Gasteiger partial charge is 0.462 e. The van der Waals surface area contributed by atoms with Crippen molar-refractivity contribution in [2.45, 2.75) is 368 Å². The third-order valence-electron chi connectivity index (χ3n) is 17.3. The van der Waals surface area contributed by atoms with Crippen LogP contribution >= 0.6 is 7.82 Å². The molecule has 0 bridgehead atoms. The molecule has 1 saturated heterocycles. The molecule has 1 aliphatic rings. The zero-order valence-corrected chi connectivity index (χ0v) is 57.0. The lowest BCUT2D eigenvalue weighted by Crippen LogP contribution is -2.47. The first-order valence-corrected chi connectivity index (χ1v) is 39.2. The van der Waals surface area contributed by atoms with Crippen LogP contribution in [-0.4, -0.2) is 97.9 Å². The Morgan fingerprint density at radius 2 is 0.902 bits per heavy atom. The molecule has 0 spiro atoms. The Bertz CT molecular complexity index is 1600. The molecule has 0 aromatic carbocycles. The van der Waals surface area contributed by atoms with Crippen LogP contribution in [0.3, 0.4) is 0 Å². The number of phosphoric acid groups is 1. The second kappa shape index (κ2) is 49.3. The number of carbonyl (C=O) groups is 2. The average molecular weight is 1200 g/mol. The van der Waals surface area contributed by atoms with Crippen molar-refractivity contribution in [3.63, 3.8) is 0 Å². The minimum atomic E-state index is -3.84. The second-order valence-electron chi connectivity index (χ2n) is 26.1. The lowest BCUT2D eigenvalue weighted by atomic mass is 10.0. The quantitative estimate of drug-likeness (QED) is 0.0265. The standard InChI is InChI=1S/C67H131N4O9PSi/c1-10-14-18-22-28-36-44-62(45-37-29-23-19-15-11-2)78-65(72)48-40-32-26-34-42-57-75-81(74,77-59-52-61-60-71(69-68-61)56-55-70-53-50-64(51-54-70)80-82(8,9)67(5,6)7)76-58-43-35-27-33-41-49-66(73)79-63(46-38-30-24-20-16-12-3)47-39-31-25-21-17-13-4/h60,62-64H,10-59H2,1-9H3. The lowest BCUT2D eigenvalue weighted by Gasteiger charge is -2.42. The molecule has 2 rings (SSSR count). The predicted molar refractivity (Wildman–Crippen MR) is 344 cm³/mol. The Kier molecular flexibility index (Phi) is 46.0. The van der Waals surface area contributed by atoms with Crippen molar-refractivity contribution in [1.29, 1.82) is 0 Å². The average Bonchev–Trinajstić information content (AvgIpc) is 3.99. The monoisotopic (exact) mass is 1190 g/mol. The summed E-state index contributed by atoms with van der Waals surface area (Å²) in [7, 11) is -5.62. The number of carbonyl (C=O) groups excluding carboxylic acids is 2. The highest BCUT2D eigenvalue weighted by Gasteiger charge is 2.39. The number of nitrogens with zero attached hydrogens (tertiary/aromatic N) is 4. The molecule has 0 amide bonds. The summed E-state index contributed by atoms with van der Waals surface area (Å²) in [5, 5.41) is 9.02. The van der Waals surface area contributed by atoms with E-state index in [4.69, 9.17) is 27.5 Å². The number of piperidine rings is 1. The van der Waals surface area contributed by atoms with Gasteiger partial charge in [-0.3, -0.25) is 27.8 Å². The second-order valence-corrected chi connectivity index (χ2v) is 32.5. The number of hydrogen-bond acceptors (Lipinski definition) is 12. The van der Waals surface area contributed by atoms with Crippen LogP contribution in [0.2, 0.25) is 18.1 Å². The highest BCUT2D eigenvalue weighted by molar-refractivity contribution is 7.48. The van der Waals surface area contributed by atoms with Gasteiger partial charge in [0.2, 0.25) is 0 Å². The summed E-state index contributed by atoms with van der Waals surface area (Å²) in [4.78, 5) is 28.5. The maximum atomic E-state index is 14.1. The fourth-order valence-electron chi connectivity index (χ4n) is 10.8. The van der Waals surface area contributed by atoms with E-state index in [9.17, 15) is 14.2 Å². The van der Waals surface area contributed by atoms with E-state index in [-0.39, 0.29) is 49.0 Å². The number of likely N-dealkylation sites (tertiary alicyclic amines) is 1. The van der Waals surface area contributed by atoms with Gasteiger partial charge in [-0.25, -0.2) is 4.57 Å². The number of aromatic nitrogens is 3. The number of rotatable bonds is 57. The third-order valence-corrected chi connectivity index (χ3v) is 23.3. The van der Waals surface area contributed by atoms with E-state index in [2.05, 4.69) is 76.8 Å². The summed E-state index contributed by atoms with van der Waals surface area (Å²) in [6.45, 7) is 25.0. The van der Waals surface area contributed by atoms with Crippen molar-refractivity contribution >= 4 is 28.1 Å². The normalized spacial score (nSPS) is 14.0. The summed E-state index contributed by atoms with van der Waals surface area (Å²) < 4.78 is 52.8. The first-order valence-electron chi connectivity index (χ1n) is 34.8. The number of esters is 2. The highest BCUT2D eigenvalue weighted by atomic mass is 31.2. The van der Waals surface area contributed by atoms with E-state index in [1.165, 1.54) is 128 Å². The zero-order chi connectivity index (χ0) is 59.8. The molecule has 15 heteroatoms. The molecule has 482 valence electrons. The van der Waals surface area contributed by atoms with Gasteiger partial charge in [0.1, 0.15) is 12.2 Å². The van der Waals surface area contributed by atoms with Crippen LogP contribution < -0.4 is 0 Å². The highest BCUT2D eigenvalue weighted by Crippen LogP contribution is 2.50. The first-order chi connectivity index (χ1) is 39.6. The van der Waals surface area contributed by atoms with Crippen LogP contribution in [0.25, 0.3) is 0 Å². The Labute approximate surface area is 506 Å². The van der Waals surface area contributed by atoms with Gasteiger partial charge in [-0.15, -0.1) is 5.10 Å². The van der Waals surface area contributed by atoms with E-state index in [1.807, 2.05) is 10.9 Å². The molecule has 1 aromatic rings. The van der Waals surface area contributed by atoms with Crippen molar-refractivity contribution in [3.8, 4) is 0 Å². The molecule has 0 radical (unpaired) electrons. The molecule has 13 nitrogen and oxygen atoms in total. The van der Waals surface area contributed by atoms with E-state index in [0.717, 1.165) is 160 Å². The minimum Gasteiger partial charge on any atom is -0.462 e. The van der Waals surface area contributed by atoms with Crippen LogP contribution in [0.1, 0.15) is 324 Å². The predicted octanol–water partition coefficient (Wildman–Crippen LogP) is 20.0. The van der Waals surface area contributed by atoms with E-state index in [1.54, 1.807) is 0 Å². The van der Waals surface area contributed by atoms with Crippen molar-refractivity contribution in [3.05, 3.63) is 11.9 Å². The molecule has 0 atom stereocenters. The topological polar surface area (TPSA) is 141 Å². The summed E-state index contributed by atoms with van der Waals surface area (Å²) in [6, 6.07) is 0. The van der Waals surface area contributed by atoms with Gasteiger partial charge < -0.3 is 18.8 Å². The molecule has 0 saturated carbocycles. The van der Waals surface area contributed by atoms with Gasteiger partial charge in [-0.1, -0.05) is 221 Å². The fourth-order valence-corrected chi connectivity index (χ4v) is 13.5. The molecule has 0 aliphatic carbocycles. The SMILES string of the molecule is CCCCCCCCC(CCCCCCCC)OC(=O)CCCCCCCOP(=O)(OCCCCCCCC(=O)OC(CCCCCCCC)CCCCCCCC)OCCc1cn(CCN2CCC(O[Si](C)(C)C(C)(C)C)CC2)nn1. The Morgan fingerprint density at radius 3 is 1.30 bits per heavy atom. The molecule has 2 heterocycles. The molecular formula is C67H131N4O9PSi. The molecule has 0 N–H and O–H groups in total. The van der Waals surface area contributed by atoms with Gasteiger partial charge >= 0.3 is 19.8 Å². The van der Waals surface area contributed by atoms with Gasteiger partial charge in [-0.2, -0.15) is 0 Å². The number of hydrogen-bond donors (Lipinski definition) is 0. The summed E-state index contributed by atoms with van der Waals surface area (Å²) in [5.74, 6) is -0.105.